The minimum absolute atomic E-state index is 0.472. The number of para-hydroxylation sites is 1. The summed E-state index contributed by atoms with van der Waals surface area (Å²) < 4.78 is 0. The van der Waals surface area contributed by atoms with Crippen molar-refractivity contribution in [3.8, 4) is 0 Å². The lowest BCUT2D eigenvalue weighted by Crippen LogP contribution is -1.96. The fraction of sp³-hybridized carbons (Fsp3) is 0.333. The zero-order valence-corrected chi connectivity index (χ0v) is 7.80. The summed E-state index contributed by atoms with van der Waals surface area (Å²) in [6.07, 6.45) is 4.86. The van der Waals surface area contributed by atoms with Gasteiger partial charge in [-0.3, -0.25) is 0 Å². The van der Waals surface area contributed by atoms with Crippen molar-refractivity contribution in [2.45, 2.75) is 25.2 Å². The van der Waals surface area contributed by atoms with Crippen LogP contribution >= 0.6 is 0 Å². The molecule has 0 spiro atoms. The van der Waals surface area contributed by atoms with Gasteiger partial charge in [-0.15, -0.1) is 0 Å². The second-order valence-electron chi connectivity index (χ2n) is 4.31. The number of nitrogens with one attached hydrogen (secondary N) is 1. The van der Waals surface area contributed by atoms with Gasteiger partial charge in [0.1, 0.15) is 0 Å². The molecule has 1 saturated carbocycles. The highest BCUT2D eigenvalue weighted by Crippen LogP contribution is 2.49. The van der Waals surface area contributed by atoms with Crippen LogP contribution in [0.5, 0.6) is 0 Å². The third-order valence-electron chi connectivity index (χ3n) is 3.24. The molecule has 0 unspecified atom stereocenters. The molecule has 1 aromatic carbocycles. The van der Waals surface area contributed by atoms with Gasteiger partial charge in [-0.2, -0.15) is 0 Å². The van der Waals surface area contributed by atoms with Gasteiger partial charge < -0.3 is 4.98 Å². The van der Waals surface area contributed by atoms with Gasteiger partial charge in [-0.25, -0.2) is 0 Å². The number of hydrogen-bond donors (Lipinski definition) is 1. The van der Waals surface area contributed by atoms with Crippen LogP contribution in [0.25, 0.3) is 10.9 Å². The third kappa shape index (κ3) is 0.932. The van der Waals surface area contributed by atoms with Crippen LogP contribution in [0.4, 0.5) is 0 Å². The molecule has 0 amide bonds. The van der Waals surface area contributed by atoms with Crippen molar-refractivity contribution < 1.29 is 0 Å². The summed E-state index contributed by atoms with van der Waals surface area (Å²) in [5.41, 5.74) is 3.24. The van der Waals surface area contributed by atoms with E-state index in [1.165, 1.54) is 29.3 Å². The average molecular weight is 171 g/mol. The standard InChI is InChI=1S/C12H13N/c1-12(6-7-12)10-8-13-11-5-3-2-4-9(10)11/h2-5,8,13H,6-7H2,1H3. The van der Waals surface area contributed by atoms with E-state index >= 15 is 0 Å². The van der Waals surface area contributed by atoms with Crippen LogP contribution in [0.3, 0.4) is 0 Å². The van der Waals surface area contributed by atoms with E-state index in [2.05, 4.69) is 42.4 Å². The molecule has 13 heavy (non-hydrogen) atoms. The van der Waals surface area contributed by atoms with Crippen molar-refractivity contribution in [1.82, 2.24) is 4.98 Å². The van der Waals surface area contributed by atoms with Crippen LogP contribution < -0.4 is 0 Å². The van der Waals surface area contributed by atoms with Crippen LogP contribution in [-0.2, 0) is 5.41 Å². The van der Waals surface area contributed by atoms with E-state index in [9.17, 15) is 0 Å². The second-order valence-corrected chi connectivity index (χ2v) is 4.31. The predicted octanol–water partition coefficient (Wildman–Crippen LogP) is 3.22. The summed E-state index contributed by atoms with van der Waals surface area (Å²) in [6.45, 7) is 2.35. The van der Waals surface area contributed by atoms with Gasteiger partial charge in [0, 0.05) is 17.1 Å². The number of aromatic amines is 1. The van der Waals surface area contributed by atoms with Crippen LogP contribution in [-0.4, -0.2) is 4.98 Å². The zero-order chi connectivity index (χ0) is 8.89. The normalized spacial score (nSPS) is 19.2. The Morgan fingerprint density at radius 1 is 1.23 bits per heavy atom. The third-order valence-corrected chi connectivity index (χ3v) is 3.24. The van der Waals surface area contributed by atoms with Gasteiger partial charge in [0.25, 0.3) is 0 Å². The molecule has 2 aromatic rings. The number of aromatic nitrogens is 1. The average Bonchev–Trinajstić information content (AvgIpc) is 2.76. The van der Waals surface area contributed by atoms with E-state index in [1.54, 1.807) is 0 Å². The van der Waals surface area contributed by atoms with Crippen molar-refractivity contribution in [1.29, 1.82) is 0 Å². The van der Waals surface area contributed by atoms with Crippen molar-refractivity contribution in [2.75, 3.05) is 0 Å². The Labute approximate surface area is 77.8 Å². The largest absolute Gasteiger partial charge is 0.361 e. The summed E-state index contributed by atoms with van der Waals surface area (Å²) in [4.78, 5) is 3.33. The maximum absolute atomic E-state index is 3.33. The van der Waals surface area contributed by atoms with E-state index in [0.717, 1.165) is 0 Å². The number of benzene rings is 1. The SMILES string of the molecule is CC1(c2c[nH]c3ccccc23)CC1. The zero-order valence-electron chi connectivity index (χ0n) is 7.80. The van der Waals surface area contributed by atoms with E-state index in [-0.39, 0.29) is 0 Å². The molecule has 0 atom stereocenters. The van der Waals surface area contributed by atoms with Crippen molar-refractivity contribution >= 4 is 10.9 Å². The quantitative estimate of drug-likeness (QED) is 0.678. The monoisotopic (exact) mass is 171 g/mol. The first kappa shape index (κ1) is 7.19. The van der Waals surface area contributed by atoms with Gasteiger partial charge in [-0.1, -0.05) is 25.1 Å². The molecule has 0 bridgehead atoms. The molecular weight excluding hydrogens is 158 g/mol. The topological polar surface area (TPSA) is 15.8 Å². The van der Waals surface area contributed by atoms with E-state index in [4.69, 9.17) is 0 Å². The highest BCUT2D eigenvalue weighted by atomic mass is 14.7. The Kier molecular flexibility index (Phi) is 1.20. The summed E-state index contributed by atoms with van der Waals surface area (Å²) in [6, 6.07) is 8.55. The molecule has 3 rings (SSSR count). The molecule has 1 heterocycles. The number of fused-ring (bicyclic) bond motifs is 1. The number of hydrogen-bond acceptors (Lipinski definition) is 0. The summed E-state index contributed by atoms with van der Waals surface area (Å²) >= 11 is 0. The van der Waals surface area contributed by atoms with Crippen LogP contribution in [0.2, 0.25) is 0 Å². The lowest BCUT2D eigenvalue weighted by Gasteiger charge is -2.05. The summed E-state index contributed by atoms with van der Waals surface area (Å²) in [7, 11) is 0. The first-order chi connectivity index (χ1) is 6.30. The van der Waals surface area contributed by atoms with Gasteiger partial charge in [0.15, 0.2) is 0 Å². The molecule has 0 aliphatic heterocycles. The second kappa shape index (κ2) is 2.16. The molecule has 1 aromatic heterocycles. The fourth-order valence-electron chi connectivity index (χ4n) is 2.03. The summed E-state index contributed by atoms with van der Waals surface area (Å²) in [5.74, 6) is 0. The molecule has 0 radical (unpaired) electrons. The lowest BCUT2D eigenvalue weighted by atomic mass is 9.98. The molecule has 1 N–H and O–H groups in total. The lowest BCUT2D eigenvalue weighted by molar-refractivity contribution is 0.796. The highest BCUT2D eigenvalue weighted by Gasteiger charge is 2.40. The minimum atomic E-state index is 0.472. The molecule has 66 valence electrons. The van der Waals surface area contributed by atoms with Gasteiger partial charge in [-0.05, 0) is 29.9 Å². The van der Waals surface area contributed by atoms with E-state index in [1.807, 2.05) is 0 Å². The smallest absolute Gasteiger partial charge is 0.0457 e. The molecule has 1 fully saturated rings. The molecule has 0 saturated heterocycles. The molecular formula is C12H13N. The van der Waals surface area contributed by atoms with Crippen LogP contribution in [0, 0.1) is 0 Å². The van der Waals surface area contributed by atoms with Crippen LogP contribution in [0.1, 0.15) is 25.3 Å². The Balaban J connectivity index is 2.30. The Bertz CT molecular complexity index is 449. The minimum Gasteiger partial charge on any atom is -0.361 e. The Morgan fingerprint density at radius 2 is 2.00 bits per heavy atom. The highest BCUT2D eigenvalue weighted by molar-refractivity contribution is 5.84. The molecule has 1 aliphatic carbocycles. The Morgan fingerprint density at radius 3 is 2.77 bits per heavy atom. The fourth-order valence-corrected chi connectivity index (χ4v) is 2.03. The van der Waals surface area contributed by atoms with Crippen molar-refractivity contribution in [3.63, 3.8) is 0 Å². The first-order valence-electron chi connectivity index (χ1n) is 4.86. The van der Waals surface area contributed by atoms with Gasteiger partial charge in [0.05, 0.1) is 0 Å². The van der Waals surface area contributed by atoms with Gasteiger partial charge >= 0.3 is 0 Å². The first-order valence-corrected chi connectivity index (χ1v) is 4.86. The predicted molar refractivity (Wildman–Crippen MR) is 54.9 cm³/mol. The van der Waals surface area contributed by atoms with Crippen LogP contribution in [0.15, 0.2) is 30.5 Å². The molecule has 1 nitrogen and oxygen atoms in total. The molecule has 1 heteroatoms. The summed E-state index contributed by atoms with van der Waals surface area (Å²) in [5, 5.41) is 1.41. The number of H-pyrrole nitrogens is 1. The Hall–Kier alpha value is -1.24. The van der Waals surface area contributed by atoms with Crippen molar-refractivity contribution in [3.05, 3.63) is 36.0 Å². The molecule has 1 aliphatic rings. The maximum Gasteiger partial charge on any atom is 0.0457 e. The number of rotatable bonds is 1. The van der Waals surface area contributed by atoms with E-state index in [0.29, 0.717) is 5.41 Å². The van der Waals surface area contributed by atoms with E-state index < -0.39 is 0 Å². The van der Waals surface area contributed by atoms with Gasteiger partial charge in [0.2, 0.25) is 0 Å². The maximum atomic E-state index is 3.33. The van der Waals surface area contributed by atoms with Crippen molar-refractivity contribution in [2.24, 2.45) is 0 Å².